The summed E-state index contributed by atoms with van der Waals surface area (Å²) in [6.45, 7) is 11.7. The van der Waals surface area contributed by atoms with Gasteiger partial charge < -0.3 is 15.4 Å². The van der Waals surface area contributed by atoms with Crippen molar-refractivity contribution in [1.29, 1.82) is 0 Å². The SMILES string of the molecule is CCNC(=NCC(C)C(=O)OC)NC(C)CCCC(C)C.I. The molecule has 0 saturated heterocycles. The highest BCUT2D eigenvalue weighted by atomic mass is 127. The van der Waals surface area contributed by atoms with E-state index in [1.165, 1.54) is 20.0 Å². The van der Waals surface area contributed by atoms with Crippen molar-refractivity contribution >= 4 is 35.9 Å². The van der Waals surface area contributed by atoms with E-state index in [4.69, 9.17) is 4.74 Å². The summed E-state index contributed by atoms with van der Waals surface area (Å²) in [5.74, 6) is 1.08. The minimum atomic E-state index is -0.223. The summed E-state index contributed by atoms with van der Waals surface area (Å²) in [5.41, 5.74) is 0. The number of ether oxygens (including phenoxy) is 1. The van der Waals surface area contributed by atoms with E-state index in [1.807, 2.05) is 13.8 Å². The Bertz CT molecular complexity index is 323. The fourth-order valence-electron chi connectivity index (χ4n) is 1.96. The Morgan fingerprint density at radius 3 is 2.32 bits per heavy atom. The van der Waals surface area contributed by atoms with E-state index in [0.717, 1.165) is 24.8 Å². The van der Waals surface area contributed by atoms with E-state index in [0.29, 0.717) is 12.6 Å². The summed E-state index contributed by atoms with van der Waals surface area (Å²) in [6.07, 6.45) is 3.58. The minimum absolute atomic E-state index is 0. The molecule has 0 aromatic heterocycles. The smallest absolute Gasteiger partial charge is 0.310 e. The molecule has 0 aliphatic carbocycles. The number of halogens is 1. The average molecular weight is 427 g/mol. The van der Waals surface area contributed by atoms with Crippen LogP contribution >= 0.6 is 24.0 Å². The normalized spacial score (nSPS) is 14.0. The molecule has 2 N–H and O–H groups in total. The molecular weight excluding hydrogens is 393 g/mol. The van der Waals surface area contributed by atoms with Crippen LogP contribution in [0.25, 0.3) is 0 Å². The lowest BCUT2D eigenvalue weighted by atomic mass is 10.0. The summed E-state index contributed by atoms with van der Waals surface area (Å²) in [6, 6.07) is 0.370. The van der Waals surface area contributed by atoms with E-state index in [2.05, 4.69) is 36.4 Å². The van der Waals surface area contributed by atoms with E-state index in [1.54, 1.807) is 0 Å². The number of carbonyl (C=O) groups is 1. The van der Waals surface area contributed by atoms with Crippen molar-refractivity contribution in [1.82, 2.24) is 10.6 Å². The highest BCUT2D eigenvalue weighted by Gasteiger charge is 2.13. The first-order valence-corrected chi connectivity index (χ1v) is 8.03. The largest absolute Gasteiger partial charge is 0.469 e. The monoisotopic (exact) mass is 427 g/mol. The van der Waals surface area contributed by atoms with Crippen molar-refractivity contribution in [2.75, 3.05) is 20.2 Å². The third-order valence-electron chi connectivity index (χ3n) is 3.27. The van der Waals surface area contributed by atoms with E-state index in [9.17, 15) is 4.79 Å². The molecule has 0 aliphatic rings. The van der Waals surface area contributed by atoms with Gasteiger partial charge in [0.15, 0.2) is 5.96 Å². The molecular formula is C16H34IN3O2. The molecule has 0 rings (SSSR count). The van der Waals surface area contributed by atoms with Crippen LogP contribution in [-0.4, -0.2) is 38.2 Å². The number of esters is 1. The highest BCUT2D eigenvalue weighted by Crippen LogP contribution is 2.08. The van der Waals surface area contributed by atoms with E-state index >= 15 is 0 Å². The van der Waals surface area contributed by atoms with E-state index in [-0.39, 0.29) is 35.9 Å². The van der Waals surface area contributed by atoms with Crippen molar-refractivity contribution in [2.24, 2.45) is 16.8 Å². The predicted octanol–water partition coefficient (Wildman–Crippen LogP) is 3.18. The number of rotatable bonds is 9. The molecule has 0 aromatic rings. The molecule has 0 heterocycles. The Morgan fingerprint density at radius 1 is 1.18 bits per heavy atom. The molecule has 0 aromatic carbocycles. The molecule has 0 fully saturated rings. The van der Waals surface area contributed by atoms with Crippen LogP contribution in [0.15, 0.2) is 4.99 Å². The van der Waals surface area contributed by atoms with Gasteiger partial charge in [-0.25, -0.2) is 0 Å². The number of nitrogens with one attached hydrogen (secondary N) is 2. The topological polar surface area (TPSA) is 62.7 Å². The van der Waals surface area contributed by atoms with Gasteiger partial charge in [0.05, 0.1) is 19.6 Å². The Hall–Kier alpha value is -0.530. The third kappa shape index (κ3) is 12.1. The molecule has 0 bridgehead atoms. The van der Waals surface area contributed by atoms with Gasteiger partial charge in [-0.05, 0) is 26.2 Å². The second kappa shape index (κ2) is 14.1. The van der Waals surface area contributed by atoms with Crippen molar-refractivity contribution < 1.29 is 9.53 Å². The fraction of sp³-hybridized carbons (Fsp3) is 0.875. The van der Waals surface area contributed by atoms with Crippen molar-refractivity contribution in [3.8, 4) is 0 Å². The molecule has 6 heteroatoms. The Labute approximate surface area is 153 Å². The molecule has 5 nitrogen and oxygen atoms in total. The van der Waals surface area contributed by atoms with Crippen LogP contribution < -0.4 is 10.6 Å². The van der Waals surface area contributed by atoms with Gasteiger partial charge in [-0.3, -0.25) is 9.79 Å². The molecule has 2 unspecified atom stereocenters. The summed E-state index contributed by atoms with van der Waals surface area (Å²) < 4.78 is 4.71. The second-order valence-electron chi connectivity index (χ2n) is 6.01. The number of hydrogen-bond donors (Lipinski definition) is 2. The summed E-state index contributed by atoms with van der Waals surface area (Å²) >= 11 is 0. The molecule has 0 saturated carbocycles. The lowest BCUT2D eigenvalue weighted by Gasteiger charge is -2.18. The van der Waals surface area contributed by atoms with Gasteiger partial charge in [0.25, 0.3) is 0 Å². The molecule has 0 spiro atoms. The Kier molecular flexibility index (Phi) is 15.2. The summed E-state index contributed by atoms with van der Waals surface area (Å²) in [7, 11) is 1.41. The van der Waals surface area contributed by atoms with Gasteiger partial charge >= 0.3 is 5.97 Å². The van der Waals surface area contributed by atoms with Crippen LogP contribution in [0.2, 0.25) is 0 Å². The van der Waals surface area contributed by atoms with Crippen LogP contribution in [0, 0.1) is 11.8 Å². The maximum Gasteiger partial charge on any atom is 0.310 e. The number of nitrogens with zero attached hydrogens (tertiary/aromatic N) is 1. The first-order chi connectivity index (χ1) is 9.90. The number of hydrogen-bond acceptors (Lipinski definition) is 3. The van der Waals surface area contributed by atoms with Gasteiger partial charge in [0.2, 0.25) is 0 Å². The zero-order valence-electron chi connectivity index (χ0n) is 14.9. The van der Waals surface area contributed by atoms with Gasteiger partial charge in [0, 0.05) is 12.6 Å². The highest BCUT2D eigenvalue weighted by molar-refractivity contribution is 14.0. The standard InChI is InChI=1S/C16H33N3O2.HI/c1-7-17-16(18-11-13(4)15(20)21-6)19-14(5)10-8-9-12(2)3;/h12-14H,7-11H2,1-6H3,(H2,17,18,19);1H. The first-order valence-electron chi connectivity index (χ1n) is 8.03. The van der Waals surface area contributed by atoms with Crippen LogP contribution in [0.4, 0.5) is 0 Å². The number of carbonyl (C=O) groups excluding carboxylic acids is 1. The van der Waals surface area contributed by atoms with Crippen LogP contribution in [0.3, 0.4) is 0 Å². The predicted molar refractivity (Wildman–Crippen MR) is 104 cm³/mol. The van der Waals surface area contributed by atoms with Gasteiger partial charge in [-0.2, -0.15) is 0 Å². The Morgan fingerprint density at radius 2 is 1.82 bits per heavy atom. The van der Waals surface area contributed by atoms with Gasteiger partial charge in [0.1, 0.15) is 0 Å². The van der Waals surface area contributed by atoms with Crippen LogP contribution in [0.1, 0.15) is 53.9 Å². The maximum absolute atomic E-state index is 11.4. The lowest BCUT2D eigenvalue weighted by Crippen LogP contribution is -2.42. The molecule has 0 aliphatic heterocycles. The zero-order valence-corrected chi connectivity index (χ0v) is 17.3. The van der Waals surface area contributed by atoms with Crippen molar-refractivity contribution in [3.63, 3.8) is 0 Å². The fourth-order valence-corrected chi connectivity index (χ4v) is 1.96. The van der Waals surface area contributed by atoms with Gasteiger partial charge in [-0.15, -0.1) is 24.0 Å². The molecule has 22 heavy (non-hydrogen) atoms. The molecule has 0 radical (unpaired) electrons. The first kappa shape index (κ1) is 23.7. The summed E-state index contributed by atoms with van der Waals surface area (Å²) in [5, 5.41) is 6.60. The second-order valence-corrected chi connectivity index (χ2v) is 6.01. The average Bonchev–Trinajstić information content (AvgIpc) is 2.43. The minimum Gasteiger partial charge on any atom is -0.469 e. The number of aliphatic imine (C=N–C) groups is 1. The maximum atomic E-state index is 11.4. The van der Waals surface area contributed by atoms with Gasteiger partial charge in [-0.1, -0.05) is 33.6 Å². The molecule has 2 atom stereocenters. The summed E-state index contributed by atoms with van der Waals surface area (Å²) in [4.78, 5) is 15.8. The quantitative estimate of drug-likeness (QED) is 0.257. The molecule has 132 valence electrons. The number of guanidine groups is 1. The van der Waals surface area contributed by atoms with Crippen LogP contribution in [0.5, 0.6) is 0 Å². The molecule has 0 amide bonds. The van der Waals surface area contributed by atoms with Crippen molar-refractivity contribution in [2.45, 2.75) is 59.9 Å². The Balaban J connectivity index is 0. The zero-order chi connectivity index (χ0) is 16.3. The van der Waals surface area contributed by atoms with E-state index < -0.39 is 0 Å². The lowest BCUT2D eigenvalue weighted by molar-refractivity contribution is -0.144. The van der Waals surface area contributed by atoms with Crippen LogP contribution in [-0.2, 0) is 9.53 Å². The third-order valence-corrected chi connectivity index (χ3v) is 3.27. The van der Waals surface area contributed by atoms with Crippen molar-refractivity contribution in [3.05, 3.63) is 0 Å². The number of methoxy groups -OCH3 is 1.